The monoisotopic (exact) mass is 540 g/mol. The zero-order chi connectivity index (χ0) is 25.7. The average Bonchev–Trinajstić information content (AvgIpc) is 3.25. The maximum atomic E-state index is 15.2. The first-order valence-electron chi connectivity index (χ1n) is 11.6. The van der Waals surface area contributed by atoms with E-state index >= 15 is 4.39 Å². The lowest BCUT2D eigenvalue weighted by molar-refractivity contribution is -0.0617. The van der Waals surface area contributed by atoms with E-state index in [9.17, 15) is 17.2 Å². The molecule has 36 heavy (non-hydrogen) atoms. The highest BCUT2D eigenvalue weighted by molar-refractivity contribution is 7.91. The molecule has 2 atom stereocenters. The Labute approximate surface area is 211 Å². The van der Waals surface area contributed by atoms with Crippen LogP contribution in [-0.2, 0) is 16.4 Å². The summed E-state index contributed by atoms with van der Waals surface area (Å²) < 4.78 is 75.6. The number of aromatic nitrogens is 2. The van der Waals surface area contributed by atoms with E-state index in [0.29, 0.717) is 17.9 Å². The summed E-state index contributed by atoms with van der Waals surface area (Å²) >= 11 is 5.98. The smallest absolute Gasteiger partial charge is 0.259 e. The van der Waals surface area contributed by atoms with Gasteiger partial charge in [0.2, 0.25) is 5.89 Å². The predicted molar refractivity (Wildman–Crippen MR) is 128 cm³/mol. The highest BCUT2D eigenvalue weighted by Crippen LogP contribution is 2.45. The van der Waals surface area contributed by atoms with E-state index in [0.717, 1.165) is 11.6 Å². The van der Waals surface area contributed by atoms with Gasteiger partial charge in [0.15, 0.2) is 9.84 Å². The second-order valence-corrected chi connectivity index (χ2v) is 11.8. The van der Waals surface area contributed by atoms with Crippen LogP contribution in [0.5, 0.6) is 0 Å². The summed E-state index contributed by atoms with van der Waals surface area (Å²) in [5.41, 5.74) is 7.00. The molecule has 1 saturated carbocycles. The minimum atomic E-state index is -3.90. The lowest BCUT2D eigenvalue weighted by atomic mass is 9.85. The molecule has 0 radical (unpaired) electrons. The van der Waals surface area contributed by atoms with Gasteiger partial charge in [-0.3, -0.25) is 0 Å². The fourth-order valence-corrected chi connectivity index (χ4v) is 6.62. The van der Waals surface area contributed by atoms with Crippen molar-refractivity contribution in [3.63, 3.8) is 0 Å². The third-order valence-electron chi connectivity index (χ3n) is 6.63. The second-order valence-electron chi connectivity index (χ2n) is 9.35. The number of sulfone groups is 1. The summed E-state index contributed by atoms with van der Waals surface area (Å²) in [5, 5.41) is 8.18. The molecule has 2 aliphatic rings. The second kappa shape index (κ2) is 9.35. The molecule has 1 unspecified atom stereocenters. The summed E-state index contributed by atoms with van der Waals surface area (Å²) in [6.07, 6.45) is 0.916. The van der Waals surface area contributed by atoms with Gasteiger partial charge in [0.1, 0.15) is 11.7 Å². The van der Waals surface area contributed by atoms with E-state index < -0.39 is 33.5 Å². The minimum absolute atomic E-state index is 0.168. The van der Waals surface area contributed by atoms with Crippen molar-refractivity contribution in [3.05, 3.63) is 58.7 Å². The zero-order valence-electron chi connectivity index (χ0n) is 19.1. The van der Waals surface area contributed by atoms with Crippen molar-refractivity contribution in [2.75, 3.05) is 17.2 Å². The SMILES string of the molecule is N[C@@H]1CN(Cc2ccc(Cl)cc2)c2cc(-c3nnc(C4CCCCC4(F)F)o3)c(F)cc2S(=O)(=O)C1. The fraction of sp³-hybridized carbons (Fsp3) is 0.417. The summed E-state index contributed by atoms with van der Waals surface area (Å²) in [5.74, 6) is -6.03. The number of hydrogen-bond acceptors (Lipinski definition) is 7. The first-order valence-corrected chi connectivity index (χ1v) is 13.6. The maximum absolute atomic E-state index is 15.2. The Balaban J connectivity index is 1.57. The Morgan fingerprint density at radius 3 is 2.64 bits per heavy atom. The fourth-order valence-electron chi connectivity index (χ4n) is 4.85. The molecule has 1 aromatic heterocycles. The van der Waals surface area contributed by atoms with Crippen LogP contribution >= 0.6 is 11.6 Å². The van der Waals surface area contributed by atoms with Crippen molar-refractivity contribution in [3.8, 4) is 11.5 Å². The van der Waals surface area contributed by atoms with E-state index in [2.05, 4.69) is 10.2 Å². The molecular formula is C24H24ClF3N4O3S. The van der Waals surface area contributed by atoms with E-state index in [1.165, 1.54) is 6.07 Å². The van der Waals surface area contributed by atoms with Gasteiger partial charge in [-0.25, -0.2) is 21.6 Å². The van der Waals surface area contributed by atoms with Crippen LogP contribution in [0.25, 0.3) is 11.5 Å². The topological polar surface area (TPSA) is 102 Å². The van der Waals surface area contributed by atoms with Crippen LogP contribution in [0, 0.1) is 5.82 Å². The number of anilines is 1. The number of nitrogens with two attached hydrogens (primary N) is 1. The molecule has 0 saturated heterocycles. The third-order valence-corrected chi connectivity index (χ3v) is 8.75. The van der Waals surface area contributed by atoms with Gasteiger partial charge in [-0.1, -0.05) is 30.2 Å². The van der Waals surface area contributed by atoms with Crippen LogP contribution in [0.1, 0.15) is 43.1 Å². The van der Waals surface area contributed by atoms with Gasteiger partial charge in [-0.05, 0) is 42.7 Å². The summed E-state index contributed by atoms with van der Waals surface area (Å²) in [4.78, 5) is 1.53. The van der Waals surface area contributed by atoms with Crippen molar-refractivity contribution < 1.29 is 26.0 Å². The van der Waals surface area contributed by atoms with Crippen molar-refractivity contribution >= 4 is 27.1 Å². The molecule has 2 N–H and O–H groups in total. The molecule has 0 amide bonds. The molecule has 1 aliphatic carbocycles. The molecule has 0 spiro atoms. The van der Waals surface area contributed by atoms with Gasteiger partial charge in [0.25, 0.3) is 11.8 Å². The van der Waals surface area contributed by atoms with Gasteiger partial charge >= 0.3 is 0 Å². The van der Waals surface area contributed by atoms with Crippen LogP contribution in [0.4, 0.5) is 18.9 Å². The maximum Gasteiger partial charge on any atom is 0.259 e. The molecule has 1 aliphatic heterocycles. The molecule has 2 aromatic carbocycles. The number of alkyl halides is 2. The van der Waals surface area contributed by atoms with Crippen molar-refractivity contribution in [1.82, 2.24) is 10.2 Å². The van der Waals surface area contributed by atoms with Gasteiger partial charge in [-0.2, -0.15) is 0 Å². The standard InChI is InChI=1S/C24H24ClF3N4O3S/c25-15-6-4-14(5-7-15)11-32-12-16(29)13-36(33,34)21-10-19(26)17(9-20(21)32)22-30-31-23(35-22)18-3-1-2-8-24(18,27)28/h4-7,9-10,16,18H,1-3,8,11-13,29H2/t16-,18?/m1/s1. The van der Waals surface area contributed by atoms with Crippen LogP contribution in [0.2, 0.25) is 5.02 Å². The molecule has 192 valence electrons. The molecule has 2 heterocycles. The quantitative estimate of drug-likeness (QED) is 0.500. The highest BCUT2D eigenvalue weighted by atomic mass is 35.5. The molecule has 12 heteroatoms. The molecule has 7 nitrogen and oxygen atoms in total. The van der Waals surface area contributed by atoms with Gasteiger partial charge < -0.3 is 15.1 Å². The number of hydrogen-bond donors (Lipinski definition) is 1. The Morgan fingerprint density at radius 1 is 1.17 bits per heavy atom. The van der Waals surface area contributed by atoms with Crippen LogP contribution in [0.15, 0.2) is 45.7 Å². The number of halogens is 4. The Hall–Kier alpha value is -2.63. The van der Waals surface area contributed by atoms with Crippen LogP contribution in [0.3, 0.4) is 0 Å². The summed E-state index contributed by atoms with van der Waals surface area (Å²) in [6.45, 7) is 0.463. The van der Waals surface area contributed by atoms with E-state index in [-0.39, 0.29) is 59.6 Å². The largest absolute Gasteiger partial charge is 0.420 e. The highest BCUT2D eigenvalue weighted by Gasteiger charge is 2.45. The lowest BCUT2D eigenvalue weighted by Crippen LogP contribution is -2.39. The minimum Gasteiger partial charge on any atom is -0.420 e. The van der Waals surface area contributed by atoms with E-state index in [4.69, 9.17) is 21.8 Å². The molecular weight excluding hydrogens is 517 g/mol. The van der Waals surface area contributed by atoms with Crippen LogP contribution < -0.4 is 10.6 Å². The van der Waals surface area contributed by atoms with Crippen molar-refractivity contribution in [2.24, 2.45) is 5.73 Å². The Kier molecular flexibility index (Phi) is 6.50. The summed E-state index contributed by atoms with van der Waals surface area (Å²) in [6, 6.07) is 8.52. The van der Waals surface area contributed by atoms with Crippen molar-refractivity contribution in [1.29, 1.82) is 0 Å². The summed E-state index contributed by atoms with van der Waals surface area (Å²) in [7, 11) is -3.90. The molecule has 0 bridgehead atoms. The molecule has 5 rings (SSSR count). The number of rotatable bonds is 4. The lowest BCUT2D eigenvalue weighted by Gasteiger charge is -2.28. The predicted octanol–water partition coefficient (Wildman–Crippen LogP) is 4.94. The zero-order valence-corrected chi connectivity index (χ0v) is 20.7. The number of benzene rings is 2. The van der Waals surface area contributed by atoms with Gasteiger partial charge in [-0.15, -0.1) is 10.2 Å². The molecule has 3 aromatic rings. The van der Waals surface area contributed by atoms with Gasteiger partial charge in [0, 0.05) is 30.6 Å². The first kappa shape index (κ1) is 25.0. The van der Waals surface area contributed by atoms with Gasteiger partial charge in [0.05, 0.1) is 21.9 Å². The van der Waals surface area contributed by atoms with Crippen LogP contribution in [-0.4, -0.2) is 42.9 Å². The first-order chi connectivity index (χ1) is 17.0. The van der Waals surface area contributed by atoms with E-state index in [1.807, 2.05) is 0 Å². The third kappa shape index (κ3) is 4.83. The van der Waals surface area contributed by atoms with E-state index in [1.54, 1.807) is 29.2 Å². The van der Waals surface area contributed by atoms with Crippen molar-refractivity contribution in [2.45, 2.75) is 55.0 Å². The average molecular weight is 541 g/mol. The Bertz CT molecular complexity index is 1380. The normalized spacial score (nSPS) is 23.2. The molecule has 1 fully saturated rings. The number of nitrogens with zero attached hydrogens (tertiary/aromatic N) is 3. The number of fused-ring (bicyclic) bond motifs is 1. The Morgan fingerprint density at radius 2 is 1.92 bits per heavy atom.